The van der Waals surface area contributed by atoms with E-state index in [2.05, 4.69) is 15.9 Å². The van der Waals surface area contributed by atoms with E-state index in [0.717, 1.165) is 24.6 Å². The van der Waals surface area contributed by atoms with E-state index in [1.54, 1.807) is 6.07 Å². The van der Waals surface area contributed by atoms with Crippen molar-refractivity contribution in [2.75, 3.05) is 11.9 Å². The van der Waals surface area contributed by atoms with E-state index in [1.165, 1.54) is 12.1 Å². The van der Waals surface area contributed by atoms with Crippen LogP contribution in [0.5, 0.6) is 5.75 Å². The highest BCUT2D eigenvalue weighted by Crippen LogP contribution is 2.34. The van der Waals surface area contributed by atoms with Gasteiger partial charge in [-0.3, -0.25) is 10.1 Å². The van der Waals surface area contributed by atoms with Gasteiger partial charge in [-0.25, -0.2) is 0 Å². The van der Waals surface area contributed by atoms with Crippen molar-refractivity contribution in [3.8, 4) is 5.75 Å². The molecule has 0 bridgehead atoms. The van der Waals surface area contributed by atoms with Gasteiger partial charge in [0, 0.05) is 11.4 Å². The van der Waals surface area contributed by atoms with E-state index < -0.39 is 4.92 Å². The van der Waals surface area contributed by atoms with Crippen LogP contribution >= 0.6 is 27.5 Å². The van der Waals surface area contributed by atoms with Crippen LogP contribution in [-0.4, -0.2) is 16.9 Å². The van der Waals surface area contributed by atoms with Crippen molar-refractivity contribution < 1.29 is 9.66 Å². The number of hydrogen-bond donors (Lipinski definition) is 0. The van der Waals surface area contributed by atoms with Gasteiger partial charge < -0.3 is 4.74 Å². The first-order valence-electron chi connectivity index (χ1n) is 5.28. The Labute approximate surface area is 113 Å². The van der Waals surface area contributed by atoms with Gasteiger partial charge in [-0.1, -0.05) is 33.6 Å². The molecular formula is C11H13BrClNO3. The predicted octanol–water partition coefficient (Wildman–Crippen LogP) is 4.19. The van der Waals surface area contributed by atoms with Crippen molar-refractivity contribution in [3.05, 3.63) is 33.3 Å². The summed E-state index contributed by atoms with van der Waals surface area (Å²) in [5.41, 5.74) is -0.0852. The molecule has 0 aromatic heterocycles. The maximum absolute atomic E-state index is 10.8. The van der Waals surface area contributed by atoms with Gasteiger partial charge in [-0.05, 0) is 25.3 Å². The molecule has 17 heavy (non-hydrogen) atoms. The van der Waals surface area contributed by atoms with E-state index in [-0.39, 0.29) is 16.5 Å². The molecule has 0 aliphatic carbocycles. The average molecular weight is 323 g/mol. The van der Waals surface area contributed by atoms with Crippen molar-refractivity contribution >= 4 is 33.2 Å². The van der Waals surface area contributed by atoms with Gasteiger partial charge in [0.05, 0.1) is 16.6 Å². The zero-order valence-electron chi connectivity index (χ0n) is 9.20. The number of rotatable bonds is 7. The molecule has 0 atom stereocenters. The number of nitro benzene ring substituents is 1. The largest absolute Gasteiger partial charge is 0.486 e. The first-order valence-corrected chi connectivity index (χ1v) is 6.78. The van der Waals surface area contributed by atoms with Crippen LogP contribution in [0.15, 0.2) is 18.2 Å². The summed E-state index contributed by atoms with van der Waals surface area (Å²) in [5.74, 6) is 0.165. The summed E-state index contributed by atoms with van der Waals surface area (Å²) in [5, 5.41) is 12.0. The molecule has 0 amide bonds. The van der Waals surface area contributed by atoms with Crippen LogP contribution in [0.1, 0.15) is 19.3 Å². The number of benzene rings is 1. The van der Waals surface area contributed by atoms with Crippen molar-refractivity contribution in [1.82, 2.24) is 0 Å². The highest BCUT2D eigenvalue weighted by molar-refractivity contribution is 9.09. The zero-order valence-corrected chi connectivity index (χ0v) is 11.5. The number of nitro groups is 1. The maximum Gasteiger partial charge on any atom is 0.312 e. The molecule has 1 rings (SSSR count). The van der Waals surface area contributed by atoms with Gasteiger partial charge in [-0.2, -0.15) is 0 Å². The summed E-state index contributed by atoms with van der Waals surface area (Å²) >= 11 is 9.21. The minimum atomic E-state index is -0.486. The standard InChI is InChI=1S/C11H13BrClNO3/c12-7-2-1-3-8-17-11-9(13)5-4-6-10(11)14(15)16/h4-6H,1-3,7-8H2. The zero-order chi connectivity index (χ0) is 12.7. The SMILES string of the molecule is O=[N+]([O-])c1cccc(Cl)c1OCCCCCBr. The highest BCUT2D eigenvalue weighted by Gasteiger charge is 2.17. The molecule has 0 spiro atoms. The second-order valence-electron chi connectivity index (χ2n) is 3.44. The predicted molar refractivity (Wildman–Crippen MR) is 71.2 cm³/mol. The number of alkyl halides is 1. The monoisotopic (exact) mass is 321 g/mol. The molecule has 0 aliphatic rings. The van der Waals surface area contributed by atoms with Gasteiger partial charge in [0.15, 0.2) is 0 Å². The van der Waals surface area contributed by atoms with Crippen LogP contribution in [0.25, 0.3) is 0 Å². The Kier molecular flexibility index (Phi) is 6.29. The fourth-order valence-corrected chi connectivity index (χ4v) is 1.95. The summed E-state index contributed by atoms with van der Waals surface area (Å²) in [6.45, 7) is 0.442. The highest BCUT2D eigenvalue weighted by atomic mass is 79.9. The molecule has 94 valence electrons. The fourth-order valence-electron chi connectivity index (χ4n) is 1.33. The summed E-state index contributed by atoms with van der Waals surface area (Å²) < 4.78 is 5.39. The average Bonchev–Trinajstić information content (AvgIpc) is 2.30. The van der Waals surface area contributed by atoms with E-state index in [9.17, 15) is 10.1 Å². The number of para-hydroxylation sites is 1. The van der Waals surface area contributed by atoms with Crippen LogP contribution in [-0.2, 0) is 0 Å². The Balaban J connectivity index is 2.60. The third-order valence-electron chi connectivity index (χ3n) is 2.17. The molecule has 0 aliphatic heterocycles. The molecule has 0 saturated carbocycles. The minimum Gasteiger partial charge on any atom is -0.486 e. The third-order valence-corrected chi connectivity index (χ3v) is 3.03. The van der Waals surface area contributed by atoms with Gasteiger partial charge in [0.2, 0.25) is 5.75 Å². The van der Waals surface area contributed by atoms with E-state index in [1.807, 2.05) is 0 Å². The normalized spacial score (nSPS) is 10.2. The molecule has 0 unspecified atom stereocenters. The van der Waals surface area contributed by atoms with Crippen molar-refractivity contribution in [1.29, 1.82) is 0 Å². The topological polar surface area (TPSA) is 52.4 Å². The molecule has 1 aromatic rings. The van der Waals surface area contributed by atoms with Gasteiger partial charge in [0.25, 0.3) is 0 Å². The van der Waals surface area contributed by atoms with Gasteiger partial charge in [-0.15, -0.1) is 0 Å². The lowest BCUT2D eigenvalue weighted by molar-refractivity contribution is -0.385. The lowest BCUT2D eigenvalue weighted by Crippen LogP contribution is -2.01. The number of ether oxygens (including phenoxy) is 1. The number of hydrogen-bond acceptors (Lipinski definition) is 3. The first kappa shape index (κ1) is 14.3. The second kappa shape index (κ2) is 7.50. The van der Waals surface area contributed by atoms with Gasteiger partial charge in [0.1, 0.15) is 0 Å². The number of unbranched alkanes of at least 4 members (excludes halogenated alkanes) is 2. The minimum absolute atomic E-state index is 0.0852. The lowest BCUT2D eigenvalue weighted by Gasteiger charge is -2.07. The smallest absolute Gasteiger partial charge is 0.312 e. The van der Waals surface area contributed by atoms with Crippen LogP contribution in [0, 0.1) is 10.1 Å². The van der Waals surface area contributed by atoms with Crippen molar-refractivity contribution in [3.63, 3.8) is 0 Å². The molecule has 0 heterocycles. The third kappa shape index (κ3) is 4.52. The molecule has 4 nitrogen and oxygen atoms in total. The van der Waals surface area contributed by atoms with Gasteiger partial charge >= 0.3 is 5.69 Å². The molecule has 6 heteroatoms. The van der Waals surface area contributed by atoms with Crippen LogP contribution in [0.2, 0.25) is 5.02 Å². The van der Waals surface area contributed by atoms with Crippen LogP contribution in [0.4, 0.5) is 5.69 Å². The summed E-state index contributed by atoms with van der Waals surface area (Å²) in [4.78, 5) is 10.3. The van der Waals surface area contributed by atoms with E-state index in [4.69, 9.17) is 16.3 Å². The number of halogens is 2. The molecule has 0 saturated heterocycles. The Morgan fingerprint density at radius 2 is 2.12 bits per heavy atom. The maximum atomic E-state index is 10.8. The van der Waals surface area contributed by atoms with Crippen LogP contribution < -0.4 is 4.74 Å². The molecule has 0 fully saturated rings. The molecule has 0 radical (unpaired) electrons. The molecule has 0 N–H and O–H groups in total. The van der Waals surface area contributed by atoms with Crippen LogP contribution in [0.3, 0.4) is 0 Å². The quantitative estimate of drug-likeness (QED) is 0.327. The molecule has 1 aromatic carbocycles. The molecular weight excluding hydrogens is 309 g/mol. The van der Waals surface area contributed by atoms with E-state index >= 15 is 0 Å². The first-order chi connectivity index (χ1) is 8.16. The van der Waals surface area contributed by atoms with E-state index in [0.29, 0.717) is 6.61 Å². The lowest BCUT2D eigenvalue weighted by atomic mass is 10.2. The fraction of sp³-hybridized carbons (Fsp3) is 0.455. The number of nitrogens with zero attached hydrogens (tertiary/aromatic N) is 1. The summed E-state index contributed by atoms with van der Waals surface area (Å²) in [6.07, 6.45) is 2.94. The Morgan fingerprint density at radius 1 is 1.35 bits per heavy atom. The summed E-state index contributed by atoms with van der Waals surface area (Å²) in [6, 6.07) is 4.51. The van der Waals surface area contributed by atoms with Crippen molar-refractivity contribution in [2.45, 2.75) is 19.3 Å². The van der Waals surface area contributed by atoms with Crippen molar-refractivity contribution in [2.24, 2.45) is 0 Å². The Morgan fingerprint density at radius 3 is 2.76 bits per heavy atom. The second-order valence-corrected chi connectivity index (χ2v) is 4.64. The Bertz CT molecular complexity index is 387. The summed E-state index contributed by atoms with van der Waals surface area (Å²) in [7, 11) is 0. The Hall–Kier alpha value is -0.810.